The lowest BCUT2D eigenvalue weighted by atomic mass is 9.85. The molecule has 0 bridgehead atoms. The number of aliphatic hydroxyl groups excluding tert-OH is 2. The van der Waals surface area contributed by atoms with Gasteiger partial charge in [0.1, 0.15) is 0 Å². The molecule has 6 atom stereocenters. The summed E-state index contributed by atoms with van der Waals surface area (Å²) >= 11 is 0. The highest BCUT2D eigenvalue weighted by molar-refractivity contribution is 5.00. The van der Waals surface area contributed by atoms with Gasteiger partial charge in [-0.2, -0.15) is 0 Å². The number of aliphatic hydroxyl groups is 2. The van der Waals surface area contributed by atoms with Crippen molar-refractivity contribution in [3.8, 4) is 0 Å². The van der Waals surface area contributed by atoms with Crippen LogP contribution in [0.1, 0.15) is 6.42 Å². The van der Waals surface area contributed by atoms with E-state index in [2.05, 4.69) is 0 Å². The van der Waals surface area contributed by atoms with Gasteiger partial charge in [0.25, 0.3) is 0 Å². The van der Waals surface area contributed by atoms with Crippen LogP contribution in [0.4, 0.5) is 0 Å². The second-order valence-electron chi connectivity index (χ2n) is 4.32. The van der Waals surface area contributed by atoms with Crippen molar-refractivity contribution in [1.82, 2.24) is 0 Å². The highest BCUT2D eigenvalue weighted by atomic mass is 16.7. The minimum Gasteiger partial charge on any atom is -0.393 e. The van der Waals surface area contributed by atoms with Gasteiger partial charge in [-0.1, -0.05) is 0 Å². The predicted molar refractivity (Wildman–Crippen MR) is 42.8 cm³/mol. The van der Waals surface area contributed by atoms with Crippen LogP contribution in [0.15, 0.2) is 0 Å². The fourth-order valence-corrected chi connectivity index (χ4v) is 3.08. The molecule has 3 aliphatic rings. The highest BCUT2D eigenvalue weighted by Gasteiger charge is 2.56. The van der Waals surface area contributed by atoms with Crippen LogP contribution in [0, 0.1) is 17.8 Å². The molecule has 0 aromatic heterocycles. The monoisotopic (exact) mass is 186 g/mol. The quantitative estimate of drug-likeness (QED) is 0.527. The summed E-state index contributed by atoms with van der Waals surface area (Å²) in [4.78, 5) is 0. The molecule has 0 aromatic rings. The van der Waals surface area contributed by atoms with Crippen LogP contribution < -0.4 is 0 Å². The molecule has 2 heterocycles. The van der Waals surface area contributed by atoms with Crippen molar-refractivity contribution in [2.75, 3.05) is 13.2 Å². The van der Waals surface area contributed by atoms with Gasteiger partial charge in [-0.05, 0) is 12.3 Å². The third kappa shape index (κ3) is 1.00. The molecule has 0 aromatic carbocycles. The third-order valence-corrected chi connectivity index (χ3v) is 3.64. The Morgan fingerprint density at radius 3 is 2.54 bits per heavy atom. The van der Waals surface area contributed by atoms with E-state index in [9.17, 15) is 10.2 Å². The van der Waals surface area contributed by atoms with Crippen LogP contribution in [0.25, 0.3) is 0 Å². The first-order valence-electron chi connectivity index (χ1n) is 4.86. The minimum atomic E-state index is -0.511. The molecule has 1 aliphatic carbocycles. The fraction of sp³-hybridized carbons (Fsp3) is 1.00. The first-order chi connectivity index (χ1) is 6.27. The standard InChI is InChI=1S/C9H14O4/c10-5-1-4-2-12-9-7(4)8(5)6(11)3-13-9/h4-11H,1-3H2/t4?,5-,6-,7+,8+,9-/m0/s1. The molecule has 3 rings (SSSR count). The van der Waals surface area contributed by atoms with E-state index in [4.69, 9.17) is 9.47 Å². The van der Waals surface area contributed by atoms with Gasteiger partial charge in [0, 0.05) is 11.8 Å². The van der Waals surface area contributed by atoms with Crippen molar-refractivity contribution in [2.24, 2.45) is 17.8 Å². The lowest BCUT2D eigenvalue weighted by Crippen LogP contribution is -2.45. The van der Waals surface area contributed by atoms with Gasteiger partial charge >= 0.3 is 0 Å². The molecular weight excluding hydrogens is 172 g/mol. The lowest BCUT2D eigenvalue weighted by molar-refractivity contribution is -0.209. The van der Waals surface area contributed by atoms with E-state index in [-0.39, 0.29) is 24.2 Å². The predicted octanol–water partition coefficient (Wildman–Crippen LogP) is -0.653. The molecule has 4 nitrogen and oxygen atoms in total. The summed E-state index contributed by atoms with van der Waals surface area (Å²) in [6, 6.07) is 0. The zero-order valence-corrected chi connectivity index (χ0v) is 7.30. The molecule has 2 N–H and O–H groups in total. The molecule has 3 fully saturated rings. The van der Waals surface area contributed by atoms with E-state index >= 15 is 0 Å². The van der Waals surface area contributed by atoms with Crippen LogP contribution in [0.2, 0.25) is 0 Å². The van der Waals surface area contributed by atoms with Crippen molar-refractivity contribution in [3.05, 3.63) is 0 Å². The van der Waals surface area contributed by atoms with E-state index in [0.717, 1.165) is 6.42 Å². The summed E-state index contributed by atoms with van der Waals surface area (Å²) < 4.78 is 10.8. The van der Waals surface area contributed by atoms with Gasteiger partial charge < -0.3 is 19.7 Å². The molecule has 0 spiro atoms. The normalized spacial score (nSPS) is 59.5. The van der Waals surface area contributed by atoms with Crippen LogP contribution >= 0.6 is 0 Å². The number of ether oxygens (including phenoxy) is 2. The molecule has 2 aliphatic heterocycles. The smallest absolute Gasteiger partial charge is 0.161 e. The second-order valence-corrected chi connectivity index (χ2v) is 4.32. The molecular formula is C9H14O4. The minimum absolute atomic E-state index is 0.0220. The van der Waals surface area contributed by atoms with E-state index in [1.165, 1.54) is 0 Å². The molecule has 1 saturated carbocycles. The Bertz CT molecular complexity index is 214. The Kier molecular flexibility index (Phi) is 1.68. The zero-order chi connectivity index (χ0) is 9.00. The van der Waals surface area contributed by atoms with Crippen LogP contribution in [0.3, 0.4) is 0 Å². The van der Waals surface area contributed by atoms with Crippen LogP contribution in [-0.4, -0.2) is 41.9 Å². The number of rotatable bonds is 0. The summed E-state index contributed by atoms with van der Waals surface area (Å²) in [5.41, 5.74) is 0. The number of hydrogen-bond donors (Lipinski definition) is 2. The van der Waals surface area contributed by atoms with Crippen LogP contribution in [0.5, 0.6) is 0 Å². The maximum atomic E-state index is 9.75. The largest absolute Gasteiger partial charge is 0.393 e. The van der Waals surface area contributed by atoms with Crippen molar-refractivity contribution < 1.29 is 19.7 Å². The SMILES string of the molecule is O[C@H]1CO[C@@H]2OCC3C[C@H](O)[C@H]1[C@@H]32. The number of hydrogen-bond acceptors (Lipinski definition) is 4. The first-order valence-corrected chi connectivity index (χ1v) is 4.86. The molecule has 0 radical (unpaired) electrons. The lowest BCUT2D eigenvalue weighted by Gasteiger charge is -2.35. The average molecular weight is 186 g/mol. The summed E-state index contributed by atoms with van der Waals surface area (Å²) in [5, 5.41) is 19.4. The highest BCUT2D eigenvalue weighted by Crippen LogP contribution is 2.48. The van der Waals surface area contributed by atoms with Gasteiger partial charge in [-0.25, -0.2) is 0 Å². The molecule has 74 valence electrons. The van der Waals surface area contributed by atoms with E-state index in [0.29, 0.717) is 19.1 Å². The van der Waals surface area contributed by atoms with Crippen molar-refractivity contribution in [2.45, 2.75) is 24.9 Å². The third-order valence-electron chi connectivity index (χ3n) is 3.64. The Morgan fingerprint density at radius 2 is 1.69 bits per heavy atom. The first kappa shape index (κ1) is 8.17. The Hall–Kier alpha value is -0.160. The summed E-state index contributed by atoms with van der Waals surface area (Å²) in [6.45, 7) is 0.977. The maximum absolute atomic E-state index is 9.75. The summed E-state index contributed by atoms with van der Waals surface area (Å²) in [5.74, 6) is 0.588. The van der Waals surface area contributed by atoms with E-state index in [1.807, 2.05) is 0 Å². The van der Waals surface area contributed by atoms with Gasteiger partial charge in [0.2, 0.25) is 0 Å². The van der Waals surface area contributed by atoms with Crippen molar-refractivity contribution >= 4 is 0 Å². The Morgan fingerprint density at radius 1 is 0.923 bits per heavy atom. The van der Waals surface area contributed by atoms with E-state index < -0.39 is 6.10 Å². The topological polar surface area (TPSA) is 58.9 Å². The fourth-order valence-electron chi connectivity index (χ4n) is 3.08. The zero-order valence-electron chi connectivity index (χ0n) is 7.30. The molecule has 13 heavy (non-hydrogen) atoms. The molecule has 1 unspecified atom stereocenters. The average Bonchev–Trinajstić information content (AvgIpc) is 2.61. The van der Waals surface area contributed by atoms with Gasteiger partial charge in [0.15, 0.2) is 6.29 Å². The Labute approximate surface area is 76.5 Å². The molecule has 2 saturated heterocycles. The van der Waals surface area contributed by atoms with Gasteiger partial charge in [0.05, 0.1) is 25.4 Å². The van der Waals surface area contributed by atoms with E-state index in [1.54, 1.807) is 0 Å². The second kappa shape index (κ2) is 2.67. The van der Waals surface area contributed by atoms with Crippen LogP contribution in [-0.2, 0) is 9.47 Å². The van der Waals surface area contributed by atoms with Gasteiger partial charge in [-0.15, -0.1) is 0 Å². The van der Waals surface area contributed by atoms with Crippen molar-refractivity contribution in [3.63, 3.8) is 0 Å². The Balaban J connectivity index is 1.91. The summed E-state index contributed by atoms with van der Waals surface area (Å²) in [7, 11) is 0. The summed E-state index contributed by atoms with van der Waals surface area (Å²) in [6.07, 6.45) is -0.287. The molecule has 4 heteroatoms. The van der Waals surface area contributed by atoms with Gasteiger partial charge in [-0.3, -0.25) is 0 Å². The maximum Gasteiger partial charge on any atom is 0.161 e. The molecule has 0 amide bonds. The van der Waals surface area contributed by atoms with Crippen molar-refractivity contribution in [1.29, 1.82) is 0 Å².